The first-order valence-electron chi connectivity index (χ1n) is 13.4. The number of nitrogens with two attached hydrogens (primary N) is 1. The maximum absolute atomic E-state index is 10.5. The van der Waals surface area contributed by atoms with Crippen molar-refractivity contribution in [2.45, 2.75) is 136 Å². The maximum atomic E-state index is 10.5. The zero-order valence-electron chi connectivity index (χ0n) is 21.9. The van der Waals surface area contributed by atoms with Gasteiger partial charge in [0.2, 0.25) is 5.91 Å². The minimum absolute atomic E-state index is 0.164. The molecule has 0 radical (unpaired) electrons. The van der Waals surface area contributed by atoms with Crippen LogP contribution in [0.3, 0.4) is 0 Å². The third-order valence-corrected chi connectivity index (χ3v) is 6.84. The summed E-state index contributed by atoms with van der Waals surface area (Å²) in [5.74, 6) is -0.164. The summed E-state index contributed by atoms with van der Waals surface area (Å²) in [4.78, 5) is 20.0. The van der Waals surface area contributed by atoms with Gasteiger partial charge in [0.15, 0.2) is 0 Å². The molecule has 198 valence electrons. The van der Waals surface area contributed by atoms with Crippen LogP contribution in [-0.2, 0) is 25.6 Å². The Morgan fingerprint density at radius 3 is 1.55 bits per heavy atom. The fourth-order valence-corrected chi connectivity index (χ4v) is 4.30. The standard InChI is InChI=1S/C18H35NO.C8H19O3PS/c1-2-3-4-5-6-7-8-9-10-11-12-13-14-15-16-17-18(19)20;1-3-5-7-10-12(9,13)11-8-6-4-2/h9-10H,2-8,11-17H2,1H3,(H2,19,20);3-8H2,1-2H3,(H,9,13). The number of hydrogen-bond donors (Lipinski definition) is 2. The summed E-state index contributed by atoms with van der Waals surface area (Å²) in [6, 6.07) is 0. The highest BCUT2D eigenvalue weighted by Gasteiger charge is 2.13. The van der Waals surface area contributed by atoms with Gasteiger partial charge in [0.25, 0.3) is 0 Å². The third-order valence-electron chi connectivity index (χ3n) is 5.19. The Morgan fingerprint density at radius 2 is 1.12 bits per heavy atom. The second kappa shape index (κ2) is 28.0. The Kier molecular flexibility index (Phi) is 29.6. The van der Waals surface area contributed by atoms with E-state index in [1.165, 1.54) is 70.6 Å². The number of unbranched alkanes of at least 4 members (excludes halogenated alkanes) is 13. The van der Waals surface area contributed by atoms with E-state index in [0.717, 1.165) is 38.5 Å². The molecule has 1 amide bonds. The zero-order chi connectivity index (χ0) is 25.0. The summed E-state index contributed by atoms with van der Waals surface area (Å²) in [6.07, 6.45) is 25.8. The molecular weight excluding hydrogens is 453 g/mol. The average Bonchev–Trinajstić information content (AvgIpc) is 2.77. The molecule has 0 aliphatic heterocycles. The lowest BCUT2D eigenvalue weighted by molar-refractivity contribution is -0.118. The van der Waals surface area contributed by atoms with Crippen LogP contribution in [0.1, 0.15) is 136 Å². The normalized spacial score (nSPS) is 11.5. The van der Waals surface area contributed by atoms with Crippen molar-refractivity contribution >= 4 is 24.4 Å². The molecule has 0 saturated heterocycles. The van der Waals surface area contributed by atoms with Crippen LogP contribution in [0.2, 0.25) is 0 Å². The van der Waals surface area contributed by atoms with Crippen LogP contribution in [0.4, 0.5) is 0 Å². The lowest BCUT2D eigenvalue weighted by atomic mass is 10.1. The molecule has 3 N–H and O–H groups in total. The molecule has 0 fully saturated rings. The summed E-state index contributed by atoms with van der Waals surface area (Å²) in [5.41, 5.74) is 5.10. The van der Waals surface area contributed by atoms with E-state index in [1.807, 2.05) is 0 Å². The molecule has 0 rings (SSSR count). The molecule has 0 atom stereocenters. The average molecular weight is 508 g/mol. The molecule has 0 aliphatic carbocycles. The topological polar surface area (TPSA) is 81.8 Å². The van der Waals surface area contributed by atoms with Gasteiger partial charge in [-0.05, 0) is 56.8 Å². The largest absolute Gasteiger partial charge is 0.370 e. The lowest BCUT2D eigenvalue weighted by Crippen LogP contribution is -2.09. The van der Waals surface area contributed by atoms with Gasteiger partial charge in [0, 0.05) is 6.42 Å². The molecule has 0 heterocycles. The van der Waals surface area contributed by atoms with E-state index in [2.05, 4.69) is 32.9 Å². The summed E-state index contributed by atoms with van der Waals surface area (Å²) in [7, 11) is 0. The molecule has 0 unspecified atom stereocenters. The van der Waals surface area contributed by atoms with E-state index in [1.54, 1.807) is 0 Å². The van der Waals surface area contributed by atoms with Crippen LogP contribution in [-0.4, -0.2) is 24.0 Å². The number of carbonyl (C=O) groups excluding carboxylic acids is 1. The van der Waals surface area contributed by atoms with Gasteiger partial charge in [0.1, 0.15) is 0 Å². The molecule has 5 nitrogen and oxygen atoms in total. The van der Waals surface area contributed by atoms with E-state index in [-0.39, 0.29) is 5.91 Å². The minimum Gasteiger partial charge on any atom is -0.370 e. The van der Waals surface area contributed by atoms with Crippen molar-refractivity contribution in [2.75, 3.05) is 13.2 Å². The van der Waals surface area contributed by atoms with Gasteiger partial charge in [-0.1, -0.05) is 97.1 Å². The fraction of sp³-hybridized carbons (Fsp3) is 0.885. The Hall–Kier alpha value is -0.260. The van der Waals surface area contributed by atoms with Crippen LogP contribution in [0, 0.1) is 0 Å². The quantitative estimate of drug-likeness (QED) is 0.0825. The van der Waals surface area contributed by atoms with Crippen molar-refractivity contribution in [3.05, 3.63) is 12.2 Å². The number of hydrogen-bond acceptors (Lipinski definition) is 4. The molecule has 7 heteroatoms. The van der Waals surface area contributed by atoms with Gasteiger partial charge in [-0.15, -0.1) is 0 Å². The van der Waals surface area contributed by atoms with Crippen molar-refractivity contribution in [1.82, 2.24) is 0 Å². The number of amides is 1. The smallest absolute Gasteiger partial charge is 0.324 e. The molecular formula is C26H54NO4PS. The molecule has 0 aromatic carbocycles. The zero-order valence-corrected chi connectivity index (χ0v) is 23.6. The van der Waals surface area contributed by atoms with Crippen molar-refractivity contribution in [3.63, 3.8) is 0 Å². The number of allylic oxidation sites excluding steroid dienone is 2. The number of carbonyl (C=O) groups is 1. The van der Waals surface area contributed by atoms with Gasteiger partial charge >= 0.3 is 6.72 Å². The Morgan fingerprint density at radius 1 is 0.727 bits per heavy atom. The van der Waals surface area contributed by atoms with Gasteiger partial charge < -0.3 is 19.7 Å². The molecule has 0 aromatic rings. The molecule has 0 spiro atoms. The lowest BCUT2D eigenvalue weighted by Gasteiger charge is -2.14. The van der Waals surface area contributed by atoms with Crippen LogP contribution >= 0.6 is 6.72 Å². The predicted molar refractivity (Wildman–Crippen MR) is 147 cm³/mol. The first-order valence-corrected chi connectivity index (χ1v) is 16.0. The monoisotopic (exact) mass is 507 g/mol. The van der Waals surface area contributed by atoms with E-state index < -0.39 is 6.72 Å². The number of rotatable bonds is 23. The maximum Gasteiger partial charge on any atom is 0.324 e. The van der Waals surface area contributed by atoms with Crippen molar-refractivity contribution < 1.29 is 18.7 Å². The fourth-order valence-electron chi connectivity index (χ4n) is 3.06. The molecule has 0 aromatic heterocycles. The first-order chi connectivity index (χ1) is 15.9. The summed E-state index contributed by atoms with van der Waals surface area (Å²) < 4.78 is 10.2. The Bertz CT molecular complexity index is 475. The van der Waals surface area contributed by atoms with Crippen LogP contribution in [0.15, 0.2) is 12.2 Å². The highest BCUT2D eigenvalue weighted by atomic mass is 32.5. The van der Waals surface area contributed by atoms with Crippen LogP contribution in [0.25, 0.3) is 0 Å². The third kappa shape index (κ3) is 34.0. The predicted octanol–water partition coefficient (Wildman–Crippen LogP) is 8.35. The molecule has 0 aliphatic rings. The molecule has 0 saturated carbocycles. The minimum atomic E-state index is -2.92. The Balaban J connectivity index is 0. The van der Waals surface area contributed by atoms with Crippen molar-refractivity contribution in [3.8, 4) is 0 Å². The summed E-state index contributed by atoms with van der Waals surface area (Å²) >= 11 is 4.79. The number of primary amides is 1. The van der Waals surface area contributed by atoms with E-state index in [0.29, 0.717) is 19.6 Å². The second-order valence-electron chi connectivity index (χ2n) is 8.64. The van der Waals surface area contributed by atoms with Crippen molar-refractivity contribution in [2.24, 2.45) is 5.73 Å². The van der Waals surface area contributed by atoms with Gasteiger partial charge in [0.05, 0.1) is 13.2 Å². The van der Waals surface area contributed by atoms with Crippen molar-refractivity contribution in [1.29, 1.82) is 0 Å². The molecule has 33 heavy (non-hydrogen) atoms. The van der Waals surface area contributed by atoms with Crippen LogP contribution in [0.5, 0.6) is 0 Å². The van der Waals surface area contributed by atoms with E-state index in [9.17, 15) is 9.69 Å². The van der Waals surface area contributed by atoms with Gasteiger partial charge in [-0.2, -0.15) is 0 Å². The van der Waals surface area contributed by atoms with Gasteiger partial charge in [-0.3, -0.25) is 4.79 Å². The highest BCUT2D eigenvalue weighted by molar-refractivity contribution is 8.07. The summed E-state index contributed by atoms with van der Waals surface area (Å²) in [6.45, 7) is 4.45. The molecule has 0 bridgehead atoms. The highest BCUT2D eigenvalue weighted by Crippen LogP contribution is 2.43. The second-order valence-corrected chi connectivity index (χ2v) is 11.5. The van der Waals surface area contributed by atoms with Crippen LogP contribution < -0.4 is 5.73 Å². The van der Waals surface area contributed by atoms with Gasteiger partial charge in [-0.25, -0.2) is 0 Å². The SMILES string of the molecule is CCCCCCCCC=CCCCCCCCC(N)=O.CCCCOP(O)(=S)OCCCC. The van der Waals surface area contributed by atoms with E-state index in [4.69, 9.17) is 26.6 Å². The first kappa shape index (κ1) is 34.9. The Labute approximate surface area is 210 Å². The van der Waals surface area contributed by atoms with E-state index >= 15 is 0 Å². The summed E-state index contributed by atoms with van der Waals surface area (Å²) in [5, 5.41) is 0.